The van der Waals surface area contributed by atoms with Gasteiger partial charge in [-0.15, -0.1) is 0 Å². The number of aromatic amines is 1. The third-order valence-electron chi connectivity index (χ3n) is 2.72. The molecule has 1 heterocycles. The molecule has 2 rings (SSSR count). The van der Waals surface area contributed by atoms with Crippen LogP contribution in [0.2, 0.25) is 0 Å². The molecule has 0 bridgehead atoms. The zero-order chi connectivity index (χ0) is 13.7. The molecule has 0 aliphatic carbocycles. The van der Waals surface area contributed by atoms with Crippen LogP contribution in [0.1, 0.15) is 12.2 Å². The fourth-order valence-corrected chi connectivity index (χ4v) is 1.80. The van der Waals surface area contributed by atoms with Gasteiger partial charge in [0.15, 0.2) is 0 Å². The lowest BCUT2D eigenvalue weighted by molar-refractivity contribution is 0.194. The Hall–Kier alpha value is -2.01. The van der Waals surface area contributed by atoms with Gasteiger partial charge >= 0.3 is 0 Å². The van der Waals surface area contributed by atoms with Crippen molar-refractivity contribution in [1.82, 2.24) is 9.97 Å². The first-order chi connectivity index (χ1) is 9.22. The summed E-state index contributed by atoms with van der Waals surface area (Å²) < 4.78 is 18.8. The summed E-state index contributed by atoms with van der Waals surface area (Å²) in [5.74, 6) is -0.371. The Balaban J connectivity index is 2.35. The highest BCUT2D eigenvalue weighted by Crippen LogP contribution is 2.17. The van der Waals surface area contributed by atoms with Gasteiger partial charge in [0.1, 0.15) is 11.5 Å². The summed E-state index contributed by atoms with van der Waals surface area (Å²) in [7, 11) is 1.61. The second-order valence-electron chi connectivity index (χ2n) is 4.14. The molecule has 0 radical (unpaired) electrons. The molecule has 1 N–H and O–H groups in total. The van der Waals surface area contributed by atoms with Gasteiger partial charge in [0, 0.05) is 25.7 Å². The fourth-order valence-electron chi connectivity index (χ4n) is 1.80. The maximum absolute atomic E-state index is 13.8. The van der Waals surface area contributed by atoms with Crippen LogP contribution < -0.4 is 5.56 Å². The molecule has 100 valence electrons. The fraction of sp³-hybridized carbons (Fsp3) is 0.286. The van der Waals surface area contributed by atoms with E-state index >= 15 is 0 Å². The van der Waals surface area contributed by atoms with Crippen molar-refractivity contribution in [2.75, 3.05) is 13.7 Å². The van der Waals surface area contributed by atoms with E-state index in [1.807, 2.05) is 6.07 Å². The number of ether oxygens (including phenoxy) is 1. The second-order valence-corrected chi connectivity index (χ2v) is 4.14. The van der Waals surface area contributed by atoms with Gasteiger partial charge in [0.25, 0.3) is 5.56 Å². The molecule has 0 amide bonds. The summed E-state index contributed by atoms with van der Waals surface area (Å²) in [4.78, 5) is 18.2. The highest BCUT2D eigenvalue weighted by molar-refractivity contribution is 5.59. The molecule has 1 aromatic carbocycles. The van der Waals surface area contributed by atoms with Crippen LogP contribution in [-0.2, 0) is 11.2 Å². The average Bonchev–Trinajstić information content (AvgIpc) is 2.44. The lowest BCUT2D eigenvalue weighted by atomic mass is 10.1. The van der Waals surface area contributed by atoms with Crippen molar-refractivity contribution in [3.8, 4) is 11.3 Å². The second kappa shape index (κ2) is 6.24. The molecule has 19 heavy (non-hydrogen) atoms. The predicted molar refractivity (Wildman–Crippen MR) is 70.4 cm³/mol. The lowest BCUT2D eigenvalue weighted by Gasteiger charge is -2.05. The summed E-state index contributed by atoms with van der Waals surface area (Å²) >= 11 is 0. The Bertz CT molecular complexity index is 596. The first-order valence-corrected chi connectivity index (χ1v) is 6.05. The summed E-state index contributed by atoms with van der Waals surface area (Å²) in [6, 6.07) is 8.84. The van der Waals surface area contributed by atoms with Crippen molar-refractivity contribution in [2.45, 2.75) is 12.8 Å². The van der Waals surface area contributed by atoms with Gasteiger partial charge in [0.05, 0.1) is 0 Å². The number of H-pyrrole nitrogens is 1. The van der Waals surface area contributed by atoms with Gasteiger partial charge in [0.2, 0.25) is 5.82 Å². The summed E-state index contributed by atoms with van der Waals surface area (Å²) in [5.41, 5.74) is -0.0443. The number of hydrogen-bond acceptors (Lipinski definition) is 3. The number of aromatic nitrogens is 2. The molecule has 5 heteroatoms. The van der Waals surface area contributed by atoms with E-state index in [-0.39, 0.29) is 5.69 Å². The van der Waals surface area contributed by atoms with Crippen molar-refractivity contribution in [1.29, 1.82) is 0 Å². The molecular weight excluding hydrogens is 247 g/mol. The molecule has 0 unspecified atom stereocenters. The van der Waals surface area contributed by atoms with Crippen molar-refractivity contribution in [2.24, 2.45) is 0 Å². The summed E-state index contributed by atoms with van der Waals surface area (Å²) in [6.45, 7) is 0.571. The minimum atomic E-state index is -0.846. The number of benzene rings is 1. The zero-order valence-corrected chi connectivity index (χ0v) is 10.6. The van der Waals surface area contributed by atoms with Crippen molar-refractivity contribution in [3.63, 3.8) is 0 Å². The van der Waals surface area contributed by atoms with Crippen molar-refractivity contribution >= 4 is 0 Å². The van der Waals surface area contributed by atoms with E-state index < -0.39 is 11.4 Å². The largest absolute Gasteiger partial charge is 0.385 e. The number of nitrogens with zero attached hydrogens (tertiary/aromatic N) is 1. The number of hydrogen-bond donors (Lipinski definition) is 1. The minimum absolute atomic E-state index is 0.0942. The molecule has 1 aromatic heterocycles. The first kappa shape index (κ1) is 13.4. The molecule has 0 spiro atoms. The molecule has 4 nitrogen and oxygen atoms in total. The topological polar surface area (TPSA) is 55.0 Å². The Morgan fingerprint density at radius 1 is 1.32 bits per heavy atom. The molecule has 0 aliphatic heterocycles. The monoisotopic (exact) mass is 262 g/mol. The summed E-state index contributed by atoms with van der Waals surface area (Å²) in [5, 5.41) is 0. The predicted octanol–water partition coefficient (Wildman–Crippen LogP) is 2.16. The van der Waals surface area contributed by atoms with Crippen LogP contribution in [0.25, 0.3) is 11.3 Å². The molecule has 0 atom stereocenters. The van der Waals surface area contributed by atoms with Gasteiger partial charge in [-0.05, 0) is 6.42 Å². The van der Waals surface area contributed by atoms with Gasteiger partial charge < -0.3 is 9.72 Å². The molecule has 0 saturated carbocycles. The van der Waals surface area contributed by atoms with Gasteiger partial charge in [-0.3, -0.25) is 4.79 Å². The Labute approximate surface area is 110 Å². The van der Waals surface area contributed by atoms with E-state index in [9.17, 15) is 9.18 Å². The summed E-state index contributed by atoms with van der Waals surface area (Å²) in [6.07, 6.45) is 1.27. The van der Waals surface area contributed by atoms with Crippen molar-refractivity contribution in [3.05, 3.63) is 52.3 Å². The third kappa shape index (κ3) is 3.26. The Morgan fingerprint density at radius 3 is 2.74 bits per heavy atom. The number of methoxy groups -OCH3 is 1. The highest BCUT2D eigenvalue weighted by Gasteiger charge is 2.12. The van der Waals surface area contributed by atoms with Crippen LogP contribution in [0, 0.1) is 5.82 Å². The number of nitrogens with one attached hydrogen (secondary N) is 1. The van der Waals surface area contributed by atoms with Gasteiger partial charge in [-0.2, -0.15) is 4.39 Å². The van der Waals surface area contributed by atoms with Gasteiger partial charge in [-0.1, -0.05) is 30.3 Å². The van der Waals surface area contributed by atoms with E-state index in [1.54, 1.807) is 31.4 Å². The van der Waals surface area contributed by atoms with Crippen LogP contribution in [0.5, 0.6) is 0 Å². The molecule has 2 aromatic rings. The lowest BCUT2D eigenvalue weighted by Crippen LogP contribution is -2.17. The Kier molecular flexibility index (Phi) is 4.41. The van der Waals surface area contributed by atoms with E-state index in [1.165, 1.54) is 0 Å². The van der Waals surface area contributed by atoms with Crippen LogP contribution in [0.15, 0.2) is 35.1 Å². The smallest absolute Gasteiger partial charge is 0.287 e. The van der Waals surface area contributed by atoms with E-state index in [0.29, 0.717) is 24.4 Å². The van der Waals surface area contributed by atoms with Crippen LogP contribution in [0.3, 0.4) is 0 Å². The normalized spacial score (nSPS) is 10.6. The molecular formula is C14H15FN2O2. The molecule has 0 saturated heterocycles. The molecule has 0 fully saturated rings. The number of halogens is 1. The van der Waals surface area contributed by atoms with E-state index in [0.717, 1.165) is 6.42 Å². The average molecular weight is 262 g/mol. The zero-order valence-electron chi connectivity index (χ0n) is 10.6. The molecule has 0 aliphatic rings. The highest BCUT2D eigenvalue weighted by atomic mass is 19.1. The number of aryl methyl sites for hydroxylation is 1. The van der Waals surface area contributed by atoms with E-state index in [2.05, 4.69) is 9.97 Å². The first-order valence-electron chi connectivity index (χ1n) is 6.05. The maximum Gasteiger partial charge on any atom is 0.287 e. The van der Waals surface area contributed by atoms with Crippen LogP contribution >= 0.6 is 0 Å². The quantitative estimate of drug-likeness (QED) is 0.840. The number of rotatable bonds is 5. The maximum atomic E-state index is 13.8. The van der Waals surface area contributed by atoms with Crippen LogP contribution in [-0.4, -0.2) is 23.7 Å². The third-order valence-corrected chi connectivity index (χ3v) is 2.72. The Morgan fingerprint density at radius 2 is 2.05 bits per heavy atom. The van der Waals surface area contributed by atoms with Crippen molar-refractivity contribution < 1.29 is 9.13 Å². The SMILES string of the molecule is COCCCc1nc(-c2ccccc2)c(F)c(=O)[nH]1. The van der Waals surface area contributed by atoms with Gasteiger partial charge in [-0.25, -0.2) is 4.98 Å². The van der Waals surface area contributed by atoms with Crippen LogP contribution in [0.4, 0.5) is 4.39 Å². The van der Waals surface area contributed by atoms with E-state index in [4.69, 9.17) is 4.74 Å². The standard InChI is InChI=1S/C14H15FN2O2/c1-19-9-5-8-11-16-13(12(15)14(18)17-11)10-6-3-2-4-7-10/h2-4,6-7H,5,8-9H2,1H3,(H,16,17,18). The minimum Gasteiger partial charge on any atom is -0.385 e.